The Hall–Kier alpha value is -3.52. The molecule has 0 saturated heterocycles. The zero-order valence-corrected chi connectivity index (χ0v) is 25.8. The Labute approximate surface area is 254 Å². The van der Waals surface area contributed by atoms with E-state index in [1.165, 1.54) is 10.9 Å². The number of rotatable bonds is 7. The Morgan fingerprint density at radius 1 is 1.05 bits per heavy atom. The van der Waals surface area contributed by atoms with E-state index in [-0.39, 0.29) is 29.8 Å². The van der Waals surface area contributed by atoms with Gasteiger partial charge in [-0.15, -0.1) is 0 Å². The highest BCUT2D eigenvalue weighted by atomic mass is 35.5. The normalized spacial score (nSPS) is 21.4. The summed E-state index contributed by atoms with van der Waals surface area (Å²) >= 11 is 6.29. The Balaban J connectivity index is 1.65. The molecule has 43 heavy (non-hydrogen) atoms. The van der Waals surface area contributed by atoms with Gasteiger partial charge in [-0.3, -0.25) is 0 Å². The van der Waals surface area contributed by atoms with Crippen LogP contribution in [0.2, 0.25) is 5.28 Å². The van der Waals surface area contributed by atoms with Crippen LogP contribution in [-0.4, -0.2) is 94.0 Å². The molecule has 1 saturated carbocycles. The Kier molecular flexibility index (Phi) is 9.50. The molecule has 5 atom stereocenters. The standard InChI is InChI=1S/C29H39ClN6O7/c1-28(2,3)42-26(40)36(27(41)43-29(4,5)6)19-13-18(21(38)22(19)39)35-15-31-20-23(33-25(30)34-24(20)35)32-17(14-37)12-16-10-8-7-9-11-16/h7-11,15,17-19,21-22,37-39H,12-14H2,1-6H3,(H,32,33,34)/t17-,18?,19?,21-,22+/m0/s1. The molecule has 1 aliphatic rings. The van der Waals surface area contributed by atoms with Crippen LogP contribution in [0.1, 0.15) is 59.6 Å². The number of benzene rings is 1. The van der Waals surface area contributed by atoms with Crippen molar-refractivity contribution in [1.82, 2.24) is 24.4 Å². The van der Waals surface area contributed by atoms with Crippen molar-refractivity contribution in [3.05, 3.63) is 47.5 Å². The third kappa shape index (κ3) is 7.71. The van der Waals surface area contributed by atoms with Crippen LogP contribution in [0.5, 0.6) is 0 Å². The van der Waals surface area contributed by atoms with Gasteiger partial charge < -0.3 is 34.7 Å². The van der Waals surface area contributed by atoms with Gasteiger partial charge in [-0.05, 0) is 71.5 Å². The fraction of sp³-hybridized carbons (Fsp3) is 0.552. The molecule has 0 radical (unpaired) electrons. The van der Waals surface area contributed by atoms with E-state index >= 15 is 0 Å². The summed E-state index contributed by atoms with van der Waals surface area (Å²) in [6, 6.07) is 7.14. The number of halogens is 1. The molecule has 0 bridgehead atoms. The first kappa shape index (κ1) is 32.4. The molecule has 4 N–H and O–H groups in total. The van der Waals surface area contributed by atoms with Gasteiger partial charge >= 0.3 is 12.2 Å². The number of amides is 2. The van der Waals surface area contributed by atoms with Crippen molar-refractivity contribution in [3.63, 3.8) is 0 Å². The molecule has 2 amide bonds. The predicted octanol–water partition coefficient (Wildman–Crippen LogP) is 3.70. The summed E-state index contributed by atoms with van der Waals surface area (Å²) < 4.78 is 12.4. The molecule has 13 nitrogen and oxygen atoms in total. The molecule has 4 rings (SSSR count). The molecule has 2 unspecified atom stereocenters. The number of anilines is 1. The first-order valence-electron chi connectivity index (χ1n) is 14.0. The van der Waals surface area contributed by atoms with Crippen molar-refractivity contribution in [1.29, 1.82) is 0 Å². The van der Waals surface area contributed by atoms with Crippen LogP contribution in [0, 0.1) is 0 Å². The molecule has 1 aliphatic carbocycles. The van der Waals surface area contributed by atoms with Gasteiger partial charge in [-0.2, -0.15) is 9.97 Å². The van der Waals surface area contributed by atoms with Gasteiger partial charge in [0.05, 0.1) is 31.1 Å². The molecule has 0 spiro atoms. The maximum atomic E-state index is 13.2. The SMILES string of the molecule is CC(C)(C)OC(=O)N(C(=O)OC(C)(C)C)C1CC(n2cnc3c(N[C@H](CO)Cc4ccccc4)nc(Cl)nc32)[C@H](O)[C@@H]1O. The van der Waals surface area contributed by atoms with Crippen LogP contribution in [0.4, 0.5) is 15.4 Å². The third-order valence-corrected chi connectivity index (χ3v) is 6.94. The van der Waals surface area contributed by atoms with Crippen molar-refractivity contribution in [3.8, 4) is 0 Å². The number of aromatic nitrogens is 4. The van der Waals surface area contributed by atoms with E-state index in [9.17, 15) is 24.9 Å². The van der Waals surface area contributed by atoms with E-state index in [1.807, 2.05) is 30.3 Å². The largest absolute Gasteiger partial charge is 0.443 e. The lowest BCUT2D eigenvalue weighted by molar-refractivity contribution is -0.0349. The Morgan fingerprint density at radius 3 is 2.21 bits per heavy atom. The lowest BCUT2D eigenvalue weighted by Gasteiger charge is -2.33. The van der Waals surface area contributed by atoms with E-state index in [0.29, 0.717) is 16.8 Å². The third-order valence-electron chi connectivity index (χ3n) is 6.77. The van der Waals surface area contributed by atoms with Gasteiger partial charge in [0.25, 0.3) is 0 Å². The summed E-state index contributed by atoms with van der Waals surface area (Å²) in [6.07, 6.45) is -3.14. The van der Waals surface area contributed by atoms with Crippen LogP contribution in [0.3, 0.4) is 0 Å². The minimum absolute atomic E-state index is 0.0655. The Morgan fingerprint density at radius 2 is 1.65 bits per heavy atom. The van der Waals surface area contributed by atoms with Gasteiger partial charge in [-0.1, -0.05) is 30.3 Å². The number of aliphatic hydroxyl groups excluding tert-OH is 3. The van der Waals surface area contributed by atoms with Crippen LogP contribution in [0.15, 0.2) is 36.7 Å². The molecule has 2 heterocycles. The van der Waals surface area contributed by atoms with Crippen LogP contribution in [-0.2, 0) is 15.9 Å². The lowest BCUT2D eigenvalue weighted by atomic mass is 10.1. The number of ether oxygens (including phenoxy) is 2. The van der Waals surface area contributed by atoms with Gasteiger partial charge in [0, 0.05) is 0 Å². The number of nitrogens with one attached hydrogen (secondary N) is 1. The van der Waals surface area contributed by atoms with Gasteiger partial charge in [0.2, 0.25) is 5.28 Å². The first-order chi connectivity index (χ1) is 20.1. The van der Waals surface area contributed by atoms with E-state index < -0.39 is 53.7 Å². The highest BCUT2D eigenvalue weighted by molar-refractivity contribution is 6.28. The number of hydrogen-bond acceptors (Lipinski definition) is 11. The van der Waals surface area contributed by atoms with E-state index in [2.05, 4.69) is 20.3 Å². The number of fused-ring (bicyclic) bond motifs is 1. The summed E-state index contributed by atoms with van der Waals surface area (Å²) in [5.74, 6) is 0.275. The van der Waals surface area contributed by atoms with E-state index in [1.54, 1.807) is 41.5 Å². The fourth-order valence-electron chi connectivity index (χ4n) is 4.97. The molecule has 3 aromatic rings. The monoisotopic (exact) mass is 618 g/mol. The van der Waals surface area contributed by atoms with Crippen LogP contribution >= 0.6 is 11.6 Å². The molecule has 234 valence electrons. The predicted molar refractivity (Wildman–Crippen MR) is 159 cm³/mol. The zero-order chi connectivity index (χ0) is 31.7. The number of imidazole rings is 1. The molecule has 2 aromatic heterocycles. The van der Waals surface area contributed by atoms with Gasteiger partial charge in [-0.25, -0.2) is 19.5 Å². The van der Waals surface area contributed by atoms with Crippen molar-refractivity contribution < 1.29 is 34.4 Å². The quantitative estimate of drug-likeness (QED) is 0.284. The van der Waals surface area contributed by atoms with Crippen molar-refractivity contribution in [2.24, 2.45) is 0 Å². The maximum absolute atomic E-state index is 13.2. The number of hydrogen-bond donors (Lipinski definition) is 4. The fourth-order valence-corrected chi connectivity index (χ4v) is 5.14. The molecular weight excluding hydrogens is 580 g/mol. The molecule has 14 heteroatoms. The first-order valence-corrected chi connectivity index (χ1v) is 14.4. The average Bonchev–Trinajstić information content (AvgIpc) is 3.43. The summed E-state index contributed by atoms with van der Waals surface area (Å²) in [6.45, 7) is 9.69. The summed E-state index contributed by atoms with van der Waals surface area (Å²) in [5, 5.41) is 35.4. The van der Waals surface area contributed by atoms with Crippen molar-refractivity contribution in [2.45, 2.75) is 95.9 Å². The summed E-state index contributed by atoms with van der Waals surface area (Å²) in [5.41, 5.74) is -0.314. The maximum Gasteiger partial charge on any atom is 0.420 e. The van der Waals surface area contributed by atoms with Gasteiger partial charge in [0.1, 0.15) is 23.4 Å². The highest BCUT2D eigenvalue weighted by Crippen LogP contribution is 2.37. The minimum atomic E-state index is -1.54. The Bertz CT molecular complexity index is 1410. The van der Waals surface area contributed by atoms with Crippen molar-refractivity contribution >= 4 is 40.8 Å². The number of imide groups is 1. The molecular formula is C29H39ClN6O7. The highest BCUT2D eigenvalue weighted by Gasteiger charge is 2.50. The molecule has 1 fully saturated rings. The molecule has 1 aromatic carbocycles. The van der Waals surface area contributed by atoms with E-state index in [0.717, 1.165) is 5.56 Å². The van der Waals surface area contributed by atoms with E-state index in [4.69, 9.17) is 21.1 Å². The van der Waals surface area contributed by atoms with Gasteiger partial charge in [0.15, 0.2) is 17.0 Å². The summed E-state index contributed by atoms with van der Waals surface area (Å²) in [4.78, 5) is 40.2. The second kappa shape index (κ2) is 12.6. The number of carbonyl (C=O) groups excluding carboxylic acids is 2. The summed E-state index contributed by atoms with van der Waals surface area (Å²) in [7, 11) is 0. The lowest BCUT2D eigenvalue weighted by Crippen LogP contribution is -2.52. The smallest absolute Gasteiger partial charge is 0.420 e. The molecule has 0 aliphatic heterocycles. The zero-order valence-electron chi connectivity index (χ0n) is 25.1. The average molecular weight is 619 g/mol. The van der Waals surface area contributed by atoms with Crippen molar-refractivity contribution in [2.75, 3.05) is 11.9 Å². The van der Waals surface area contributed by atoms with Crippen LogP contribution < -0.4 is 5.32 Å². The number of nitrogens with zero attached hydrogens (tertiary/aromatic N) is 5. The minimum Gasteiger partial charge on any atom is -0.443 e. The second-order valence-electron chi connectivity index (χ2n) is 12.6. The van der Waals surface area contributed by atoms with Crippen LogP contribution in [0.25, 0.3) is 11.2 Å². The number of carbonyl (C=O) groups is 2. The topological polar surface area (TPSA) is 172 Å². The number of aliphatic hydroxyl groups is 3. The second-order valence-corrected chi connectivity index (χ2v) is 12.9.